The molecule has 1 heterocycles. The lowest BCUT2D eigenvalue weighted by Gasteiger charge is -2.36. The number of sulfonamides is 1. The third-order valence-corrected chi connectivity index (χ3v) is 9.34. The van der Waals surface area contributed by atoms with Gasteiger partial charge in [-0.1, -0.05) is 71.9 Å². The van der Waals surface area contributed by atoms with Gasteiger partial charge in [-0.15, -0.1) is 0 Å². The highest BCUT2D eigenvalue weighted by atomic mass is 32.2. The van der Waals surface area contributed by atoms with E-state index in [1.807, 2.05) is 39.8 Å². The minimum Gasteiger partial charge on any atom is -0.450 e. The van der Waals surface area contributed by atoms with Crippen molar-refractivity contribution >= 4 is 27.9 Å². The number of carbonyl (C=O) groups excluding carboxylic acids is 2. The maximum absolute atomic E-state index is 14.3. The van der Waals surface area contributed by atoms with E-state index in [1.165, 1.54) is 0 Å². The van der Waals surface area contributed by atoms with Gasteiger partial charge in [-0.25, -0.2) is 13.2 Å². The van der Waals surface area contributed by atoms with Gasteiger partial charge in [0.1, 0.15) is 11.9 Å². The van der Waals surface area contributed by atoms with E-state index in [9.17, 15) is 18.0 Å². The second-order valence-corrected chi connectivity index (χ2v) is 13.6. The first kappa shape index (κ1) is 34.1. The van der Waals surface area contributed by atoms with Gasteiger partial charge in [0.2, 0.25) is 15.9 Å². The van der Waals surface area contributed by atoms with Crippen LogP contribution in [0.1, 0.15) is 94.0 Å². The Bertz CT molecular complexity index is 1400. The Balaban J connectivity index is 2.04. The number of hydrogen-bond donors (Lipinski definition) is 3. The van der Waals surface area contributed by atoms with Crippen LogP contribution in [-0.2, 0) is 26.0 Å². The van der Waals surface area contributed by atoms with Crippen LogP contribution < -0.4 is 10.5 Å². The number of hydrogen-bond acceptors (Lipinski definition) is 6. The van der Waals surface area contributed by atoms with Crippen molar-refractivity contribution < 1.29 is 22.7 Å². The van der Waals surface area contributed by atoms with Crippen LogP contribution in [0, 0.1) is 5.41 Å². The van der Waals surface area contributed by atoms with Crippen LogP contribution in [0.5, 0.6) is 0 Å². The summed E-state index contributed by atoms with van der Waals surface area (Å²) >= 11 is 0. The van der Waals surface area contributed by atoms with Crippen LogP contribution in [0.2, 0.25) is 0 Å². The molecule has 11 heteroatoms. The van der Waals surface area contributed by atoms with Gasteiger partial charge in [0.05, 0.1) is 11.5 Å². The summed E-state index contributed by atoms with van der Waals surface area (Å²) in [4.78, 5) is 29.6. The number of amides is 2. The fourth-order valence-corrected chi connectivity index (χ4v) is 7.16. The lowest BCUT2D eigenvalue weighted by molar-refractivity contribution is -0.134. The first-order chi connectivity index (χ1) is 20.2. The minimum absolute atomic E-state index is 0.0649. The van der Waals surface area contributed by atoms with Gasteiger partial charge in [-0.2, -0.15) is 4.72 Å². The molecule has 236 valence electrons. The molecular formula is C32H47N5O5S. The van der Waals surface area contributed by atoms with Crippen molar-refractivity contribution in [2.45, 2.75) is 83.6 Å². The summed E-state index contributed by atoms with van der Waals surface area (Å²) in [7, 11) is -4.16. The summed E-state index contributed by atoms with van der Waals surface area (Å²) in [5, 5.41) is 7.82. The molecule has 2 amide bonds. The summed E-state index contributed by atoms with van der Waals surface area (Å²) in [6.07, 6.45) is -0.366. The zero-order valence-electron chi connectivity index (χ0n) is 26.4. The van der Waals surface area contributed by atoms with Crippen LogP contribution >= 0.6 is 0 Å². The summed E-state index contributed by atoms with van der Waals surface area (Å²) in [6.45, 7) is 15.1. The van der Waals surface area contributed by atoms with Crippen LogP contribution in [0.3, 0.4) is 0 Å². The van der Waals surface area contributed by atoms with Gasteiger partial charge < -0.3 is 20.3 Å². The van der Waals surface area contributed by atoms with Crippen LogP contribution in [0.4, 0.5) is 4.79 Å². The molecule has 3 rings (SSSR count). The molecule has 1 saturated heterocycles. The maximum Gasteiger partial charge on any atom is 0.409 e. The molecule has 10 nitrogen and oxygen atoms in total. The Morgan fingerprint density at radius 1 is 0.930 bits per heavy atom. The van der Waals surface area contributed by atoms with Gasteiger partial charge in [0.15, 0.2) is 0 Å². The molecule has 0 bridgehead atoms. The molecule has 1 fully saturated rings. The molecule has 0 unspecified atom stereocenters. The van der Waals surface area contributed by atoms with E-state index in [2.05, 4.69) is 18.6 Å². The molecule has 0 saturated carbocycles. The Morgan fingerprint density at radius 3 is 1.98 bits per heavy atom. The summed E-state index contributed by atoms with van der Waals surface area (Å²) in [6, 6.07) is 9.74. The molecule has 2 aromatic carbocycles. The van der Waals surface area contributed by atoms with Crippen molar-refractivity contribution in [3.8, 4) is 0 Å². The third-order valence-electron chi connectivity index (χ3n) is 7.74. The molecule has 1 aliphatic rings. The molecule has 4 N–H and O–H groups in total. The van der Waals surface area contributed by atoms with Crippen molar-refractivity contribution in [1.29, 1.82) is 5.41 Å². The molecule has 1 atom stereocenters. The summed E-state index contributed by atoms with van der Waals surface area (Å²) < 4.78 is 36.6. The van der Waals surface area contributed by atoms with Crippen molar-refractivity contribution in [1.82, 2.24) is 14.5 Å². The first-order valence-corrected chi connectivity index (χ1v) is 16.5. The average molecular weight is 614 g/mol. The molecule has 43 heavy (non-hydrogen) atoms. The van der Waals surface area contributed by atoms with Crippen molar-refractivity contribution in [2.24, 2.45) is 5.73 Å². The van der Waals surface area contributed by atoms with Gasteiger partial charge >= 0.3 is 6.09 Å². The van der Waals surface area contributed by atoms with Crippen LogP contribution in [0.15, 0.2) is 41.3 Å². The molecule has 2 aromatic rings. The highest BCUT2D eigenvalue weighted by molar-refractivity contribution is 7.89. The third kappa shape index (κ3) is 8.35. The molecule has 0 aliphatic carbocycles. The SMILES string of the molecule is CCOC(=O)N1CCN(C(=O)[C@@H](Cc2cccc(C(=N)N)c2)NS(=O)(=O)c2c(C(C)C)cc(C(C)C)cc2C(C)C)CC1. The maximum atomic E-state index is 14.3. The quantitative estimate of drug-likeness (QED) is 0.251. The standard InChI is InChI=1S/C32H47N5O5S/c1-8-42-32(39)37-14-12-36(13-15-37)31(38)28(17-23-10-9-11-24(16-23)30(33)34)35-43(40,41)29-26(21(4)5)18-25(20(2)3)19-27(29)22(6)7/h9-11,16,18-22,28,35H,8,12-15,17H2,1-7H3,(H3,33,34)/t28-/m1/s1. The number of nitrogen functional groups attached to an aromatic ring is 1. The van der Waals surface area contributed by atoms with E-state index in [0.29, 0.717) is 11.1 Å². The van der Waals surface area contributed by atoms with Gasteiger partial charge in [-0.3, -0.25) is 10.2 Å². The summed E-state index contributed by atoms with van der Waals surface area (Å²) in [5.41, 5.74) is 9.37. The number of benzene rings is 2. The highest BCUT2D eigenvalue weighted by Crippen LogP contribution is 2.35. The van der Waals surface area contributed by atoms with E-state index in [0.717, 1.165) is 16.7 Å². The smallest absolute Gasteiger partial charge is 0.409 e. The van der Waals surface area contributed by atoms with Gasteiger partial charge in [-0.05, 0) is 59.4 Å². The Hall–Kier alpha value is -3.44. The van der Waals surface area contributed by atoms with Crippen LogP contribution in [-0.4, -0.2) is 74.9 Å². The highest BCUT2D eigenvalue weighted by Gasteiger charge is 2.35. The molecule has 0 aromatic heterocycles. The van der Waals surface area contributed by atoms with Gasteiger partial charge in [0.25, 0.3) is 0 Å². The predicted molar refractivity (Wildman–Crippen MR) is 169 cm³/mol. The lowest BCUT2D eigenvalue weighted by atomic mass is 9.89. The number of carbonyl (C=O) groups is 2. The Labute approximate surface area is 256 Å². The fraction of sp³-hybridized carbons (Fsp3) is 0.531. The van der Waals surface area contributed by atoms with Crippen molar-refractivity contribution in [2.75, 3.05) is 32.8 Å². The number of piperazine rings is 1. The Morgan fingerprint density at radius 2 is 1.49 bits per heavy atom. The average Bonchev–Trinajstić information content (AvgIpc) is 2.95. The number of amidine groups is 1. The summed E-state index contributed by atoms with van der Waals surface area (Å²) in [5.74, 6) is -0.416. The number of nitrogens with one attached hydrogen (secondary N) is 2. The zero-order valence-corrected chi connectivity index (χ0v) is 27.3. The number of rotatable bonds is 11. The number of nitrogens with two attached hydrogens (primary N) is 1. The second-order valence-electron chi connectivity index (χ2n) is 12.0. The fourth-order valence-electron chi connectivity index (χ4n) is 5.27. The lowest BCUT2D eigenvalue weighted by Crippen LogP contribution is -2.56. The Kier molecular flexibility index (Phi) is 11.4. The van der Waals surface area contributed by atoms with E-state index < -0.39 is 22.2 Å². The first-order valence-electron chi connectivity index (χ1n) is 15.0. The van der Waals surface area contributed by atoms with E-state index in [1.54, 1.807) is 41.0 Å². The van der Waals surface area contributed by atoms with Crippen molar-refractivity contribution in [3.63, 3.8) is 0 Å². The van der Waals surface area contributed by atoms with Crippen molar-refractivity contribution in [3.05, 3.63) is 64.2 Å². The molecule has 0 spiro atoms. The number of ether oxygens (including phenoxy) is 1. The van der Waals surface area contributed by atoms with Gasteiger partial charge in [0, 0.05) is 31.7 Å². The zero-order chi connectivity index (χ0) is 32.1. The van der Waals surface area contributed by atoms with E-state index in [4.69, 9.17) is 15.9 Å². The predicted octanol–water partition coefficient (Wildman–Crippen LogP) is 4.53. The molecule has 0 radical (unpaired) electrons. The molecular weight excluding hydrogens is 566 g/mol. The van der Waals surface area contributed by atoms with E-state index >= 15 is 0 Å². The monoisotopic (exact) mass is 613 g/mol. The topological polar surface area (TPSA) is 146 Å². The van der Waals surface area contributed by atoms with Crippen LogP contribution in [0.25, 0.3) is 0 Å². The van der Waals surface area contributed by atoms with E-state index in [-0.39, 0.29) is 73.6 Å². The molecule has 1 aliphatic heterocycles. The minimum atomic E-state index is -4.16. The normalized spacial score (nSPS) is 14.8. The number of nitrogens with zero attached hydrogens (tertiary/aromatic N) is 2. The second kappa shape index (κ2) is 14.4. The largest absolute Gasteiger partial charge is 0.450 e.